The highest BCUT2D eigenvalue weighted by atomic mass is 16.2. The van der Waals surface area contributed by atoms with Gasteiger partial charge in [0.1, 0.15) is 22.8 Å². The number of imidazole rings is 2. The molecule has 5 aromatic heterocycles. The summed E-state index contributed by atoms with van der Waals surface area (Å²) in [4.78, 5) is 26.1. The maximum absolute atomic E-state index is 12.4. The van der Waals surface area contributed by atoms with Gasteiger partial charge in [0.15, 0.2) is 0 Å². The predicted molar refractivity (Wildman–Crippen MR) is 131 cm³/mol. The maximum atomic E-state index is 12.4. The maximum Gasteiger partial charge on any atom is 0.242 e. The van der Waals surface area contributed by atoms with Crippen LogP contribution in [-0.4, -0.2) is 42.8 Å². The summed E-state index contributed by atoms with van der Waals surface area (Å²) in [6.07, 6.45) is 7.52. The first-order valence-electron chi connectivity index (χ1n) is 10.9. The molecule has 0 aliphatic carbocycles. The van der Waals surface area contributed by atoms with Crippen molar-refractivity contribution in [3.63, 3.8) is 0 Å². The standard InChI is InChI=1S/C26H23N7O/c1-17-25(33-14-5-4-6-24(33)29-17)20-9-11-22(31-26(34)18(2)27-3)30-21(20)10-7-19-8-12-23-28-13-15-32(23)16-19/h4-6,8-9,11-16,18,27H,1-3H3,(H,30,31,34). The number of aryl methyl sites for hydroxylation is 1. The molecule has 8 heteroatoms. The third-order valence-corrected chi connectivity index (χ3v) is 5.65. The zero-order valence-corrected chi connectivity index (χ0v) is 19.1. The van der Waals surface area contributed by atoms with Gasteiger partial charge in [-0.3, -0.25) is 9.20 Å². The Bertz CT molecular complexity index is 1590. The molecule has 1 amide bonds. The number of likely N-dealkylation sites (N-methyl/N-ethyl adjacent to an activating group) is 1. The van der Waals surface area contributed by atoms with Gasteiger partial charge >= 0.3 is 0 Å². The molecule has 1 atom stereocenters. The van der Waals surface area contributed by atoms with Crippen LogP contribution in [0.4, 0.5) is 5.82 Å². The normalized spacial score (nSPS) is 11.9. The summed E-state index contributed by atoms with van der Waals surface area (Å²) in [6.45, 7) is 3.76. The van der Waals surface area contributed by atoms with Gasteiger partial charge in [-0.2, -0.15) is 0 Å². The Hall–Kier alpha value is -4.48. The molecule has 0 saturated heterocycles. The average molecular weight is 450 g/mol. The van der Waals surface area contributed by atoms with Crippen LogP contribution in [0, 0.1) is 18.8 Å². The van der Waals surface area contributed by atoms with Crippen LogP contribution < -0.4 is 10.6 Å². The van der Waals surface area contributed by atoms with Gasteiger partial charge in [0.2, 0.25) is 5.91 Å². The number of anilines is 1. The van der Waals surface area contributed by atoms with E-state index >= 15 is 0 Å². The Labute approximate surface area is 196 Å². The third-order valence-electron chi connectivity index (χ3n) is 5.65. The van der Waals surface area contributed by atoms with Gasteiger partial charge in [-0.25, -0.2) is 15.0 Å². The monoisotopic (exact) mass is 449 g/mol. The Balaban J connectivity index is 1.62. The largest absolute Gasteiger partial charge is 0.309 e. The van der Waals surface area contributed by atoms with Gasteiger partial charge < -0.3 is 15.0 Å². The molecule has 34 heavy (non-hydrogen) atoms. The van der Waals surface area contributed by atoms with Crippen molar-refractivity contribution in [2.75, 3.05) is 12.4 Å². The Morgan fingerprint density at radius 2 is 1.91 bits per heavy atom. The summed E-state index contributed by atoms with van der Waals surface area (Å²) in [7, 11) is 1.74. The molecule has 0 spiro atoms. The van der Waals surface area contributed by atoms with Gasteiger partial charge in [0.05, 0.1) is 17.4 Å². The van der Waals surface area contributed by atoms with Crippen molar-refractivity contribution in [3.8, 4) is 23.1 Å². The first-order chi connectivity index (χ1) is 16.5. The van der Waals surface area contributed by atoms with Crippen LogP contribution in [0.5, 0.6) is 0 Å². The smallest absolute Gasteiger partial charge is 0.242 e. The number of rotatable bonds is 4. The van der Waals surface area contributed by atoms with E-state index in [0.717, 1.165) is 33.8 Å². The molecule has 0 aliphatic rings. The molecular weight excluding hydrogens is 426 g/mol. The lowest BCUT2D eigenvalue weighted by atomic mass is 10.1. The van der Waals surface area contributed by atoms with Gasteiger partial charge in [0.25, 0.3) is 0 Å². The first-order valence-corrected chi connectivity index (χ1v) is 10.9. The number of pyridine rings is 3. The number of hydrogen-bond donors (Lipinski definition) is 2. The number of aromatic nitrogens is 5. The molecule has 0 radical (unpaired) electrons. The Morgan fingerprint density at radius 1 is 1.03 bits per heavy atom. The number of carbonyl (C=O) groups is 1. The molecule has 0 aliphatic heterocycles. The minimum absolute atomic E-state index is 0.168. The number of carbonyl (C=O) groups excluding carboxylic acids is 1. The second kappa shape index (κ2) is 8.81. The lowest BCUT2D eigenvalue weighted by Crippen LogP contribution is -2.35. The number of nitrogens with one attached hydrogen (secondary N) is 2. The van der Waals surface area contributed by atoms with E-state index in [2.05, 4.69) is 32.4 Å². The van der Waals surface area contributed by atoms with Crippen LogP contribution in [0.3, 0.4) is 0 Å². The predicted octanol–water partition coefficient (Wildman–Crippen LogP) is 3.30. The average Bonchev–Trinajstić information content (AvgIpc) is 3.45. The molecule has 5 aromatic rings. The summed E-state index contributed by atoms with van der Waals surface area (Å²) >= 11 is 0. The molecule has 168 valence electrons. The number of hydrogen-bond acceptors (Lipinski definition) is 5. The molecule has 8 nitrogen and oxygen atoms in total. The van der Waals surface area contributed by atoms with Crippen LogP contribution in [0.15, 0.2) is 67.3 Å². The molecule has 2 N–H and O–H groups in total. The zero-order chi connectivity index (χ0) is 23.7. The van der Waals surface area contributed by atoms with Crippen LogP contribution >= 0.6 is 0 Å². The first kappa shape index (κ1) is 21.4. The SMILES string of the molecule is CNC(C)C(=O)Nc1ccc(-c2c(C)nc3ccccn23)c(C#Cc2ccc3nccn3c2)n1. The number of amides is 1. The van der Waals surface area contributed by atoms with E-state index in [4.69, 9.17) is 4.98 Å². The molecule has 0 fully saturated rings. The molecular formula is C26H23N7O. The Morgan fingerprint density at radius 3 is 2.76 bits per heavy atom. The molecule has 0 saturated carbocycles. The van der Waals surface area contributed by atoms with Crippen molar-refractivity contribution in [2.45, 2.75) is 19.9 Å². The minimum Gasteiger partial charge on any atom is -0.309 e. The fourth-order valence-corrected chi connectivity index (χ4v) is 3.74. The van der Waals surface area contributed by atoms with E-state index in [0.29, 0.717) is 11.5 Å². The van der Waals surface area contributed by atoms with Crippen molar-refractivity contribution in [3.05, 3.63) is 84.2 Å². The van der Waals surface area contributed by atoms with Crippen LogP contribution in [0.1, 0.15) is 23.9 Å². The summed E-state index contributed by atoms with van der Waals surface area (Å²) in [5.74, 6) is 6.71. The highest BCUT2D eigenvalue weighted by Crippen LogP contribution is 2.28. The van der Waals surface area contributed by atoms with E-state index in [1.54, 1.807) is 26.2 Å². The minimum atomic E-state index is -0.348. The van der Waals surface area contributed by atoms with Gasteiger partial charge in [-0.15, -0.1) is 0 Å². The van der Waals surface area contributed by atoms with Crippen LogP contribution in [-0.2, 0) is 4.79 Å². The fourth-order valence-electron chi connectivity index (χ4n) is 3.74. The highest BCUT2D eigenvalue weighted by Gasteiger charge is 2.17. The van der Waals surface area contributed by atoms with E-state index in [1.165, 1.54) is 0 Å². The lowest BCUT2D eigenvalue weighted by molar-refractivity contribution is -0.117. The van der Waals surface area contributed by atoms with Crippen molar-refractivity contribution >= 4 is 23.0 Å². The van der Waals surface area contributed by atoms with E-state index < -0.39 is 0 Å². The van der Waals surface area contributed by atoms with Gasteiger partial charge in [0, 0.05) is 35.9 Å². The third kappa shape index (κ3) is 4.00. The molecule has 1 unspecified atom stereocenters. The van der Waals surface area contributed by atoms with Gasteiger partial charge in [-0.1, -0.05) is 12.0 Å². The van der Waals surface area contributed by atoms with E-state index in [9.17, 15) is 4.79 Å². The van der Waals surface area contributed by atoms with Crippen molar-refractivity contribution < 1.29 is 4.79 Å². The zero-order valence-electron chi connectivity index (χ0n) is 19.1. The summed E-state index contributed by atoms with van der Waals surface area (Å²) < 4.78 is 3.94. The summed E-state index contributed by atoms with van der Waals surface area (Å²) in [6, 6.07) is 13.1. The van der Waals surface area contributed by atoms with Crippen molar-refractivity contribution in [2.24, 2.45) is 0 Å². The lowest BCUT2D eigenvalue weighted by Gasteiger charge is -2.12. The van der Waals surface area contributed by atoms with Crippen molar-refractivity contribution in [1.82, 2.24) is 29.1 Å². The summed E-state index contributed by atoms with van der Waals surface area (Å²) in [5, 5.41) is 5.79. The van der Waals surface area contributed by atoms with Crippen LogP contribution in [0.25, 0.3) is 22.6 Å². The molecule has 0 bridgehead atoms. The van der Waals surface area contributed by atoms with E-state index in [1.807, 2.05) is 70.7 Å². The summed E-state index contributed by atoms with van der Waals surface area (Å²) in [5.41, 5.74) is 5.71. The number of fused-ring (bicyclic) bond motifs is 2. The van der Waals surface area contributed by atoms with Crippen LogP contribution in [0.2, 0.25) is 0 Å². The Kier molecular flexibility index (Phi) is 5.54. The number of nitrogens with zero attached hydrogens (tertiary/aromatic N) is 5. The molecule has 5 heterocycles. The molecule has 5 rings (SSSR count). The van der Waals surface area contributed by atoms with Gasteiger partial charge in [-0.05, 0) is 63.2 Å². The highest BCUT2D eigenvalue weighted by molar-refractivity contribution is 5.94. The fraction of sp³-hybridized carbons (Fsp3) is 0.154. The van der Waals surface area contributed by atoms with E-state index in [-0.39, 0.29) is 11.9 Å². The second-order valence-electron chi connectivity index (χ2n) is 7.93. The quantitative estimate of drug-likeness (QED) is 0.411. The second-order valence-corrected chi connectivity index (χ2v) is 7.93. The van der Waals surface area contributed by atoms with Crippen molar-refractivity contribution in [1.29, 1.82) is 0 Å². The molecule has 0 aromatic carbocycles. The topological polar surface area (TPSA) is 88.6 Å².